The van der Waals surface area contributed by atoms with Crippen LogP contribution in [0.25, 0.3) is 0 Å². The molecule has 12 nitrogen and oxygen atoms in total. The van der Waals surface area contributed by atoms with Crippen LogP contribution in [0, 0.1) is 17.8 Å². The summed E-state index contributed by atoms with van der Waals surface area (Å²) in [7, 11) is -11.2. The smallest absolute Gasteiger partial charge is 0.335 e. The second-order valence-electron chi connectivity index (χ2n) is 23.1. The predicted molar refractivity (Wildman–Crippen MR) is 261 cm³/mol. The van der Waals surface area contributed by atoms with Gasteiger partial charge >= 0.3 is 40.2 Å². The molecule has 3 saturated heterocycles. The molecule has 9 atom stereocenters. The van der Waals surface area contributed by atoms with Crippen molar-refractivity contribution in [2.24, 2.45) is 17.8 Å². The zero-order valence-electron chi connectivity index (χ0n) is 43.9. The minimum Gasteiger partial charge on any atom is -0.455 e. The molecule has 374 valence electrons. The lowest BCUT2D eigenvalue weighted by atomic mass is 9.75. The van der Waals surface area contributed by atoms with Crippen LogP contribution in [-0.2, 0) is 54.4 Å². The Balaban J connectivity index is 1.81. The van der Waals surface area contributed by atoms with Gasteiger partial charge in [0.2, 0.25) is 0 Å². The highest BCUT2D eigenvalue weighted by molar-refractivity contribution is 6.85. The molecule has 0 aromatic heterocycles. The highest BCUT2D eigenvalue weighted by Crippen LogP contribution is 2.55. The Morgan fingerprint density at radius 2 is 0.969 bits per heavy atom. The zero-order valence-corrected chi connectivity index (χ0v) is 47.9. The number of carbonyl (C=O) groups is 1. The van der Waals surface area contributed by atoms with Crippen LogP contribution in [0.5, 0.6) is 0 Å². The molecule has 0 spiro atoms. The van der Waals surface area contributed by atoms with Crippen LogP contribution < -0.4 is 0 Å². The van der Waals surface area contributed by atoms with E-state index >= 15 is 0 Å². The normalized spacial score (nSPS) is 33.9. The predicted octanol–water partition coefficient (Wildman–Crippen LogP) is 11.6. The van der Waals surface area contributed by atoms with Crippen molar-refractivity contribution in [1.29, 1.82) is 0 Å². The highest BCUT2D eigenvalue weighted by Gasteiger charge is 2.71. The van der Waals surface area contributed by atoms with Crippen molar-refractivity contribution in [2.45, 2.75) is 256 Å². The molecule has 0 radical (unpaired) electrons. The fraction of sp³-hybridized carbons (Fsp3) is 0.979. The van der Waals surface area contributed by atoms with E-state index in [2.05, 4.69) is 132 Å². The Bertz CT molecular complexity index is 1470. The molecule has 0 N–H and O–H groups in total. The summed E-state index contributed by atoms with van der Waals surface area (Å²) in [5.41, 5.74) is 0.442. The van der Waals surface area contributed by atoms with E-state index in [-0.39, 0.29) is 57.0 Å². The van der Waals surface area contributed by atoms with Gasteiger partial charge in [-0.1, -0.05) is 138 Å². The maximum absolute atomic E-state index is 14.8. The Kier molecular flexibility index (Phi) is 18.4. The van der Waals surface area contributed by atoms with Crippen molar-refractivity contribution in [3.63, 3.8) is 0 Å². The summed E-state index contributed by atoms with van der Waals surface area (Å²) in [6.07, 6.45) is -0.818. The SMILES string of the molecule is COC1(O[C@H]2[C@@H](OC(=O)CO[C@@H]3C[C@H](C)CC[C@H]3C(C)C)[C@@H]3O[Si](C(C)C)(C(C)C)O[Si](C(C)C)(C(C)C)O[C@H]3[C@@H]3O[Si](C(C)C)(C(C)C)O[Si](C(C)C)(C(C)C)O[C@@H]23)CCOCC1. The van der Waals surface area contributed by atoms with Crippen molar-refractivity contribution in [2.75, 3.05) is 26.9 Å². The van der Waals surface area contributed by atoms with Gasteiger partial charge in [0.05, 0.1) is 19.3 Å². The first-order valence-electron chi connectivity index (χ1n) is 25.5. The van der Waals surface area contributed by atoms with Gasteiger partial charge < -0.3 is 49.6 Å². The van der Waals surface area contributed by atoms with E-state index in [9.17, 15) is 4.79 Å². The molecule has 0 unspecified atom stereocenters. The third-order valence-corrected chi connectivity index (χ3v) is 36.5. The van der Waals surface area contributed by atoms with Gasteiger partial charge in [0.15, 0.2) is 11.9 Å². The van der Waals surface area contributed by atoms with Crippen molar-refractivity contribution in [1.82, 2.24) is 0 Å². The molecule has 5 aliphatic rings. The average molecular weight is 976 g/mol. The third-order valence-electron chi connectivity index (χ3n) is 15.9. The molecule has 0 bridgehead atoms. The summed E-state index contributed by atoms with van der Waals surface area (Å²) in [6, 6.07) is 0. The summed E-state index contributed by atoms with van der Waals surface area (Å²) in [4.78, 5) is 14.8. The molecule has 2 aliphatic carbocycles. The van der Waals surface area contributed by atoms with E-state index in [1.54, 1.807) is 7.11 Å². The molecule has 5 fully saturated rings. The largest absolute Gasteiger partial charge is 0.455 e. The van der Waals surface area contributed by atoms with Crippen LogP contribution in [0.15, 0.2) is 0 Å². The fourth-order valence-corrected chi connectivity index (χ4v) is 34.6. The monoisotopic (exact) mass is 975 g/mol. The lowest BCUT2D eigenvalue weighted by Crippen LogP contribution is -2.72. The summed E-state index contributed by atoms with van der Waals surface area (Å²) in [6.45, 7) is 43.3. The van der Waals surface area contributed by atoms with Gasteiger partial charge in [-0.15, -0.1) is 0 Å². The Hall–Kier alpha value is -0.0625. The van der Waals surface area contributed by atoms with Crippen LogP contribution in [0.1, 0.15) is 164 Å². The second-order valence-corrected chi connectivity index (χ2v) is 40.7. The third kappa shape index (κ3) is 10.5. The maximum Gasteiger partial charge on any atom is 0.335 e. The molecule has 64 heavy (non-hydrogen) atoms. The van der Waals surface area contributed by atoms with Gasteiger partial charge in [-0.3, -0.25) is 0 Å². The minimum absolute atomic E-state index is 0.0353. The van der Waals surface area contributed by atoms with Gasteiger partial charge in [-0.25, -0.2) is 4.79 Å². The maximum atomic E-state index is 14.8. The van der Waals surface area contributed by atoms with Crippen LogP contribution in [-0.4, -0.2) is 116 Å². The van der Waals surface area contributed by atoms with E-state index in [4.69, 9.17) is 49.6 Å². The minimum atomic E-state index is -3.25. The van der Waals surface area contributed by atoms with Gasteiger partial charge in [-0.05, 0) is 74.9 Å². The van der Waals surface area contributed by atoms with E-state index < -0.39 is 82.6 Å². The van der Waals surface area contributed by atoms with Crippen molar-refractivity contribution < 1.29 is 54.4 Å². The summed E-state index contributed by atoms with van der Waals surface area (Å²) < 4.78 is 80.8. The molecule has 2 saturated carbocycles. The average Bonchev–Trinajstić information content (AvgIpc) is 3.50. The Morgan fingerprint density at radius 1 is 0.578 bits per heavy atom. The molecule has 0 amide bonds. The van der Waals surface area contributed by atoms with Gasteiger partial charge in [0, 0.05) is 20.0 Å². The van der Waals surface area contributed by atoms with Crippen LogP contribution in [0.3, 0.4) is 0 Å². The number of hydrogen-bond donors (Lipinski definition) is 0. The number of esters is 1. The molecule has 0 aromatic carbocycles. The van der Waals surface area contributed by atoms with Crippen molar-refractivity contribution >= 4 is 40.2 Å². The van der Waals surface area contributed by atoms with Crippen molar-refractivity contribution in [3.05, 3.63) is 0 Å². The molecule has 3 aliphatic heterocycles. The molecule has 16 heteroatoms. The topological polar surface area (TPSA) is 119 Å². The van der Waals surface area contributed by atoms with E-state index in [0.29, 0.717) is 43.8 Å². The standard InChI is InChI=1S/C48H94O12Si4/c1-29(2)39-22-21-38(19)27-40(39)52-28-41(49)53-42-43(54-48(50-20)23-25-51-26-24-48)45-47(58-64(36(15)16,37(17)18)60-62(56-45,32(7)8)33(9)10)46-44(42)55-61(30(3)4,31(5)6)59-63(57-46,34(11)12)35(13)14/h29-40,42-47H,21-28H2,1-20H3/t38-,39+,40-,42-,43+,44+,45+,46-,47-/m1/s1. The number of fused-ring (bicyclic) bond motifs is 3. The Morgan fingerprint density at radius 3 is 1.34 bits per heavy atom. The number of ether oxygens (including phenoxy) is 5. The fourth-order valence-electron chi connectivity index (χ4n) is 12.0. The number of rotatable bonds is 16. The Labute approximate surface area is 394 Å². The lowest BCUT2D eigenvalue weighted by Gasteiger charge is -2.54. The molecular weight excluding hydrogens is 881 g/mol. The first kappa shape index (κ1) is 54.9. The highest BCUT2D eigenvalue weighted by atomic mass is 28.5. The zero-order chi connectivity index (χ0) is 47.9. The molecule has 5 rings (SSSR count). The van der Waals surface area contributed by atoms with E-state index in [1.165, 1.54) is 6.42 Å². The quantitative estimate of drug-likeness (QED) is 0.0832. The van der Waals surface area contributed by atoms with Crippen LogP contribution in [0.4, 0.5) is 0 Å². The first-order chi connectivity index (χ1) is 29.8. The van der Waals surface area contributed by atoms with E-state index in [0.717, 1.165) is 12.8 Å². The van der Waals surface area contributed by atoms with Gasteiger partial charge in [0.1, 0.15) is 37.1 Å². The van der Waals surface area contributed by atoms with Crippen LogP contribution in [0.2, 0.25) is 44.3 Å². The first-order valence-corrected chi connectivity index (χ1v) is 33.4. The van der Waals surface area contributed by atoms with Crippen molar-refractivity contribution in [3.8, 4) is 0 Å². The van der Waals surface area contributed by atoms with Gasteiger partial charge in [0.25, 0.3) is 0 Å². The summed E-state index contributed by atoms with van der Waals surface area (Å²) in [5.74, 6) is -0.181. The summed E-state index contributed by atoms with van der Waals surface area (Å²) >= 11 is 0. The number of methoxy groups -OCH3 is 1. The van der Waals surface area contributed by atoms with E-state index in [1.807, 2.05) is 0 Å². The molecular formula is C48H94O12Si4. The summed E-state index contributed by atoms with van der Waals surface area (Å²) in [5, 5.41) is 0. The second kappa shape index (κ2) is 21.5. The molecule has 3 heterocycles. The van der Waals surface area contributed by atoms with Gasteiger partial charge in [-0.2, -0.15) is 0 Å². The lowest BCUT2D eigenvalue weighted by molar-refractivity contribution is -0.323. The van der Waals surface area contributed by atoms with Crippen LogP contribution >= 0.6 is 0 Å². The number of carbonyl (C=O) groups excluding carboxylic acids is 1. The number of hydrogen-bond acceptors (Lipinski definition) is 12. The molecule has 0 aromatic rings.